The van der Waals surface area contributed by atoms with E-state index in [0.717, 1.165) is 0 Å². The molecule has 16 heavy (non-hydrogen) atoms. The van der Waals surface area contributed by atoms with Crippen molar-refractivity contribution in [1.29, 1.82) is 0 Å². The Morgan fingerprint density at radius 2 is 1.94 bits per heavy atom. The largest absolute Gasteiger partial charge is 0.445 e. The van der Waals surface area contributed by atoms with Gasteiger partial charge in [-0.05, 0) is 0 Å². The summed E-state index contributed by atoms with van der Waals surface area (Å²) in [6.07, 6.45) is 0. The van der Waals surface area contributed by atoms with Gasteiger partial charge in [-0.2, -0.15) is 0 Å². The van der Waals surface area contributed by atoms with E-state index in [9.17, 15) is 0 Å². The maximum Gasteiger partial charge on any atom is 0.438 e. The van der Waals surface area contributed by atoms with Crippen molar-refractivity contribution in [1.82, 2.24) is 0 Å². The van der Waals surface area contributed by atoms with E-state index in [4.69, 9.17) is 19.1 Å². The number of rotatable bonds is 5. The lowest BCUT2D eigenvalue weighted by atomic mass is 9.55. The average Bonchev–Trinajstić information content (AvgIpc) is 2.20. The molecule has 0 spiro atoms. The molecule has 0 bridgehead atoms. The Morgan fingerprint density at radius 3 is 2.44 bits per heavy atom. The lowest BCUT2D eigenvalue weighted by Crippen LogP contribution is -2.45. The fourth-order valence-electron chi connectivity index (χ4n) is 1.19. The van der Waals surface area contributed by atoms with Gasteiger partial charge in [0.15, 0.2) is 6.61 Å². The van der Waals surface area contributed by atoms with Gasteiger partial charge in [0.05, 0.1) is 5.41 Å². The van der Waals surface area contributed by atoms with Gasteiger partial charge in [-0.15, -0.1) is 0 Å². The summed E-state index contributed by atoms with van der Waals surface area (Å²) >= 11 is 0. The molecule has 0 aromatic heterocycles. The molecular formula is C10H22B2O4+. The highest BCUT2D eigenvalue weighted by atomic mass is 16.6. The molecule has 1 aliphatic rings. The normalized spacial score (nSPS) is 20.9. The van der Waals surface area contributed by atoms with Crippen LogP contribution in [0, 0.1) is 10.8 Å². The van der Waals surface area contributed by atoms with E-state index >= 15 is 0 Å². The van der Waals surface area contributed by atoms with Crippen LogP contribution in [0.15, 0.2) is 0 Å². The van der Waals surface area contributed by atoms with Crippen LogP contribution in [0.4, 0.5) is 0 Å². The SMILES string of the molecule is CC(C)(C[OH2+])CO[B]B1OCC(C)(C)CO1. The van der Waals surface area contributed by atoms with Crippen molar-refractivity contribution in [2.45, 2.75) is 27.7 Å². The fraction of sp³-hybridized carbons (Fsp3) is 1.00. The van der Waals surface area contributed by atoms with Gasteiger partial charge >= 0.3 is 14.4 Å². The van der Waals surface area contributed by atoms with E-state index in [-0.39, 0.29) is 17.8 Å². The Labute approximate surface area is 99.1 Å². The molecule has 0 atom stereocenters. The van der Waals surface area contributed by atoms with Crippen LogP contribution in [-0.2, 0) is 14.0 Å². The third-order valence-electron chi connectivity index (χ3n) is 2.44. The van der Waals surface area contributed by atoms with Crippen molar-refractivity contribution < 1.29 is 19.1 Å². The van der Waals surface area contributed by atoms with Gasteiger partial charge in [0, 0.05) is 25.2 Å². The van der Waals surface area contributed by atoms with Crippen LogP contribution in [0.5, 0.6) is 0 Å². The molecule has 6 heteroatoms. The van der Waals surface area contributed by atoms with Gasteiger partial charge < -0.3 is 19.1 Å². The van der Waals surface area contributed by atoms with Crippen molar-refractivity contribution in [3.05, 3.63) is 0 Å². The van der Waals surface area contributed by atoms with Crippen LogP contribution in [0.3, 0.4) is 0 Å². The van der Waals surface area contributed by atoms with Crippen molar-refractivity contribution in [3.8, 4) is 0 Å². The molecule has 91 valence electrons. The maximum absolute atomic E-state index is 7.32. The van der Waals surface area contributed by atoms with Crippen LogP contribution >= 0.6 is 0 Å². The van der Waals surface area contributed by atoms with Crippen molar-refractivity contribution in [2.75, 3.05) is 26.4 Å². The lowest BCUT2D eigenvalue weighted by Gasteiger charge is -2.33. The predicted molar refractivity (Wildman–Crippen MR) is 65.4 cm³/mol. The summed E-state index contributed by atoms with van der Waals surface area (Å²) in [4.78, 5) is 0. The quantitative estimate of drug-likeness (QED) is 0.506. The number of hydrogen-bond donors (Lipinski definition) is 0. The summed E-state index contributed by atoms with van der Waals surface area (Å²) < 4.78 is 16.4. The zero-order chi connectivity index (χ0) is 12.2. The first-order valence-corrected chi connectivity index (χ1v) is 5.67. The third-order valence-corrected chi connectivity index (χ3v) is 2.44. The topological polar surface area (TPSA) is 50.6 Å². The van der Waals surface area contributed by atoms with E-state index < -0.39 is 0 Å². The highest BCUT2D eigenvalue weighted by Gasteiger charge is 2.33. The van der Waals surface area contributed by atoms with Gasteiger partial charge in [0.2, 0.25) is 0 Å². The summed E-state index contributed by atoms with van der Waals surface area (Å²) in [5.41, 5.74) is -0.0325. The Hall–Kier alpha value is -0.0301. The second-order valence-electron chi connectivity index (χ2n) is 5.94. The average molecular weight is 228 g/mol. The monoisotopic (exact) mass is 228 g/mol. The molecule has 1 rings (SSSR count). The molecular weight excluding hydrogens is 206 g/mol. The van der Waals surface area contributed by atoms with Crippen LogP contribution in [-0.4, -0.2) is 45.9 Å². The Balaban J connectivity index is 2.16. The first-order valence-electron chi connectivity index (χ1n) is 5.67. The van der Waals surface area contributed by atoms with E-state index in [1.165, 1.54) is 0 Å². The minimum atomic E-state index is -0.366. The molecule has 1 heterocycles. The molecule has 0 unspecified atom stereocenters. The fourth-order valence-corrected chi connectivity index (χ4v) is 1.19. The van der Waals surface area contributed by atoms with E-state index in [1.54, 1.807) is 7.37 Å². The number of hydrogen-bond acceptors (Lipinski definition) is 3. The second-order valence-corrected chi connectivity index (χ2v) is 5.94. The molecule has 0 aliphatic carbocycles. The molecule has 1 saturated heterocycles. The molecule has 2 N–H and O–H groups in total. The molecule has 0 aromatic rings. The van der Waals surface area contributed by atoms with Crippen molar-refractivity contribution in [2.24, 2.45) is 10.8 Å². The molecule has 1 aliphatic heterocycles. The highest BCUT2D eigenvalue weighted by molar-refractivity contribution is 7.02. The minimum absolute atomic E-state index is 0.0881. The summed E-state index contributed by atoms with van der Waals surface area (Å²) in [5, 5.41) is 7.32. The summed E-state index contributed by atoms with van der Waals surface area (Å²) in [7, 11) is 1.22. The summed E-state index contributed by atoms with van der Waals surface area (Å²) in [6.45, 7) is 10.4. The lowest BCUT2D eigenvalue weighted by molar-refractivity contribution is 0.0338. The Morgan fingerprint density at radius 1 is 1.38 bits per heavy atom. The van der Waals surface area contributed by atoms with Gasteiger partial charge in [-0.3, -0.25) is 0 Å². The Bertz CT molecular complexity index is 211. The molecule has 0 aromatic carbocycles. The van der Waals surface area contributed by atoms with Crippen molar-refractivity contribution in [3.63, 3.8) is 0 Å². The highest BCUT2D eigenvalue weighted by Crippen LogP contribution is 2.21. The molecule has 0 amide bonds. The third kappa shape index (κ3) is 4.87. The first-order chi connectivity index (χ1) is 7.35. The van der Waals surface area contributed by atoms with E-state index in [0.29, 0.717) is 26.4 Å². The van der Waals surface area contributed by atoms with Gasteiger partial charge in [-0.1, -0.05) is 27.7 Å². The minimum Gasteiger partial charge on any atom is -0.445 e. The summed E-state index contributed by atoms with van der Waals surface area (Å²) in [5.74, 6) is 0. The van der Waals surface area contributed by atoms with E-state index in [1.807, 2.05) is 13.8 Å². The van der Waals surface area contributed by atoms with Gasteiger partial charge in [0.1, 0.15) is 0 Å². The zero-order valence-corrected chi connectivity index (χ0v) is 10.7. The smallest absolute Gasteiger partial charge is 0.438 e. The zero-order valence-electron chi connectivity index (χ0n) is 10.7. The van der Waals surface area contributed by atoms with Crippen LogP contribution in [0.25, 0.3) is 0 Å². The standard InChI is InChI=1S/C10H21B2O4/c1-9(2,5-13)6-14-11-12-15-7-10(3,4)8-16-12/h13H,5-8H2,1-4H3/p+1. The van der Waals surface area contributed by atoms with E-state index in [2.05, 4.69) is 13.8 Å². The molecule has 4 nitrogen and oxygen atoms in total. The van der Waals surface area contributed by atoms with Gasteiger partial charge in [0.25, 0.3) is 0 Å². The van der Waals surface area contributed by atoms with Gasteiger partial charge in [-0.25, -0.2) is 0 Å². The molecule has 1 fully saturated rings. The Kier molecular flexibility index (Phi) is 4.86. The molecule has 1 radical (unpaired) electrons. The van der Waals surface area contributed by atoms with Crippen LogP contribution in [0.2, 0.25) is 0 Å². The second kappa shape index (κ2) is 5.54. The first kappa shape index (κ1) is 14.0. The van der Waals surface area contributed by atoms with Crippen LogP contribution < -0.4 is 0 Å². The maximum atomic E-state index is 7.32. The predicted octanol–water partition coefficient (Wildman–Crippen LogP) is 0.431. The summed E-state index contributed by atoms with van der Waals surface area (Å²) in [6, 6.07) is 0. The molecule has 0 saturated carbocycles. The van der Waals surface area contributed by atoms with Crippen molar-refractivity contribution >= 4 is 14.4 Å². The van der Waals surface area contributed by atoms with Crippen LogP contribution in [0.1, 0.15) is 27.7 Å².